The smallest absolute Gasteiger partial charge is 0.323 e. The third kappa shape index (κ3) is 4.79. The van der Waals surface area contributed by atoms with Gasteiger partial charge in [-0.1, -0.05) is 6.07 Å². The van der Waals surface area contributed by atoms with Crippen molar-refractivity contribution in [1.82, 2.24) is 24.7 Å². The van der Waals surface area contributed by atoms with Gasteiger partial charge in [0.15, 0.2) is 0 Å². The van der Waals surface area contributed by atoms with E-state index in [-0.39, 0.29) is 12.0 Å². The Morgan fingerprint density at radius 3 is 2.57 bits per heavy atom. The van der Waals surface area contributed by atoms with Crippen molar-refractivity contribution >= 4 is 28.3 Å². The van der Waals surface area contributed by atoms with Crippen LogP contribution in [0.4, 0.5) is 16.2 Å². The molecule has 2 aromatic carbocycles. The Labute approximate surface area is 201 Å². The van der Waals surface area contributed by atoms with Crippen molar-refractivity contribution in [2.45, 2.75) is 13.8 Å². The van der Waals surface area contributed by atoms with Gasteiger partial charge in [0.25, 0.3) is 0 Å². The molecule has 0 aliphatic rings. The maximum Gasteiger partial charge on any atom is 0.323 e. The number of hydrogen-bond donors (Lipinski definition) is 2. The van der Waals surface area contributed by atoms with Crippen LogP contribution in [0.1, 0.15) is 11.3 Å². The van der Waals surface area contributed by atoms with Crippen LogP contribution in [0.2, 0.25) is 0 Å². The zero-order valence-electron chi connectivity index (χ0n) is 19.5. The highest BCUT2D eigenvalue weighted by molar-refractivity contribution is 6.01. The molecule has 5 aromatic rings. The van der Waals surface area contributed by atoms with E-state index in [2.05, 4.69) is 30.7 Å². The van der Waals surface area contributed by atoms with Crippen molar-refractivity contribution in [3.8, 4) is 23.0 Å². The third-order valence-corrected chi connectivity index (χ3v) is 5.63. The first kappa shape index (κ1) is 22.0. The molecule has 0 bridgehead atoms. The highest BCUT2D eigenvalue weighted by Gasteiger charge is 2.11. The molecular weight excluding hydrogens is 442 g/mol. The Kier molecular flexibility index (Phi) is 5.80. The summed E-state index contributed by atoms with van der Waals surface area (Å²) in [7, 11) is 1.90. The Morgan fingerprint density at radius 1 is 0.971 bits per heavy atom. The van der Waals surface area contributed by atoms with Gasteiger partial charge in [-0.3, -0.25) is 9.67 Å². The highest BCUT2D eigenvalue weighted by atomic mass is 16.5. The SMILES string of the molecule is Cc1ccc(NC(=O)Nc2ccc3c(C)n(C)nc3c2)cc1Oc1nccc(-c2cccnc2)n1. The van der Waals surface area contributed by atoms with Crippen LogP contribution in [-0.2, 0) is 7.05 Å². The van der Waals surface area contributed by atoms with E-state index in [9.17, 15) is 4.79 Å². The number of nitrogens with one attached hydrogen (secondary N) is 2. The lowest BCUT2D eigenvalue weighted by molar-refractivity contribution is 0.262. The van der Waals surface area contributed by atoms with Gasteiger partial charge in [-0.25, -0.2) is 9.78 Å². The lowest BCUT2D eigenvalue weighted by Gasteiger charge is -2.12. The summed E-state index contributed by atoms with van der Waals surface area (Å²) >= 11 is 0. The monoisotopic (exact) mass is 465 g/mol. The van der Waals surface area contributed by atoms with Crippen molar-refractivity contribution in [3.63, 3.8) is 0 Å². The number of urea groups is 1. The fourth-order valence-electron chi connectivity index (χ4n) is 3.65. The first-order valence-corrected chi connectivity index (χ1v) is 11.0. The number of aromatic nitrogens is 5. The summed E-state index contributed by atoms with van der Waals surface area (Å²) in [6.07, 6.45) is 5.07. The van der Waals surface area contributed by atoms with Crippen molar-refractivity contribution < 1.29 is 9.53 Å². The molecule has 2 amide bonds. The maximum absolute atomic E-state index is 12.6. The van der Waals surface area contributed by atoms with Crippen LogP contribution >= 0.6 is 0 Å². The predicted molar refractivity (Wildman–Crippen MR) is 135 cm³/mol. The zero-order valence-corrected chi connectivity index (χ0v) is 19.5. The number of pyridine rings is 1. The number of amides is 2. The van der Waals surface area contributed by atoms with Gasteiger partial charge < -0.3 is 15.4 Å². The van der Waals surface area contributed by atoms with Gasteiger partial charge in [0.2, 0.25) is 0 Å². The first-order chi connectivity index (χ1) is 17.0. The predicted octanol–water partition coefficient (Wildman–Crippen LogP) is 5.48. The van der Waals surface area contributed by atoms with Crippen LogP contribution in [0, 0.1) is 13.8 Å². The van der Waals surface area contributed by atoms with Gasteiger partial charge >= 0.3 is 12.0 Å². The molecule has 0 atom stereocenters. The molecule has 0 unspecified atom stereocenters. The summed E-state index contributed by atoms with van der Waals surface area (Å²) in [6.45, 7) is 3.92. The van der Waals surface area contributed by atoms with E-state index in [4.69, 9.17) is 4.74 Å². The number of aryl methyl sites for hydroxylation is 3. The van der Waals surface area contributed by atoms with Gasteiger partial charge in [-0.2, -0.15) is 10.1 Å². The van der Waals surface area contributed by atoms with Crippen LogP contribution in [0.15, 0.2) is 73.2 Å². The minimum atomic E-state index is -0.373. The molecule has 5 rings (SSSR count). The summed E-state index contributed by atoms with van der Waals surface area (Å²) in [5, 5.41) is 11.2. The minimum Gasteiger partial charge on any atom is -0.424 e. The summed E-state index contributed by atoms with van der Waals surface area (Å²) in [4.78, 5) is 25.4. The number of benzene rings is 2. The summed E-state index contributed by atoms with van der Waals surface area (Å²) < 4.78 is 7.77. The Balaban J connectivity index is 1.30. The van der Waals surface area contributed by atoms with Crippen molar-refractivity contribution in [1.29, 1.82) is 0 Å². The number of carbonyl (C=O) groups excluding carboxylic acids is 1. The average molecular weight is 466 g/mol. The molecule has 0 saturated heterocycles. The molecule has 3 heterocycles. The quantitative estimate of drug-likeness (QED) is 0.356. The van der Waals surface area contributed by atoms with Crippen LogP contribution < -0.4 is 15.4 Å². The maximum atomic E-state index is 12.6. The third-order valence-electron chi connectivity index (χ3n) is 5.63. The fraction of sp³-hybridized carbons (Fsp3) is 0.115. The summed E-state index contributed by atoms with van der Waals surface area (Å²) in [5.41, 5.74) is 5.55. The topological polar surface area (TPSA) is 107 Å². The van der Waals surface area contributed by atoms with Crippen molar-refractivity contribution in [2.75, 3.05) is 10.6 Å². The highest BCUT2D eigenvalue weighted by Crippen LogP contribution is 2.28. The molecule has 3 aromatic heterocycles. The molecule has 9 nitrogen and oxygen atoms in total. The number of fused-ring (bicyclic) bond motifs is 1. The molecule has 9 heteroatoms. The lowest BCUT2D eigenvalue weighted by Crippen LogP contribution is -2.19. The number of anilines is 2. The average Bonchev–Trinajstić information content (AvgIpc) is 3.14. The molecule has 0 radical (unpaired) electrons. The molecule has 0 aliphatic carbocycles. The zero-order chi connectivity index (χ0) is 24.4. The largest absolute Gasteiger partial charge is 0.424 e. The molecule has 0 saturated carbocycles. The van der Waals surface area contributed by atoms with Gasteiger partial charge in [-0.15, -0.1) is 0 Å². The first-order valence-electron chi connectivity index (χ1n) is 11.0. The van der Waals surface area contributed by atoms with Crippen LogP contribution in [0.25, 0.3) is 22.2 Å². The van der Waals surface area contributed by atoms with Gasteiger partial charge in [0, 0.05) is 59.7 Å². The number of rotatable bonds is 5. The second kappa shape index (κ2) is 9.22. The van der Waals surface area contributed by atoms with E-state index >= 15 is 0 Å². The van der Waals surface area contributed by atoms with Crippen molar-refractivity contribution in [3.05, 3.63) is 84.4 Å². The lowest BCUT2D eigenvalue weighted by atomic mass is 10.2. The minimum absolute atomic E-state index is 0.204. The normalized spacial score (nSPS) is 10.8. The van der Waals surface area contributed by atoms with Crippen LogP contribution in [0.5, 0.6) is 11.8 Å². The molecule has 0 aliphatic heterocycles. The van der Waals surface area contributed by atoms with Gasteiger partial charge in [0.1, 0.15) is 5.75 Å². The summed E-state index contributed by atoms with van der Waals surface area (Å²) in [5.74, 6) is 0.538. The van der Waals surface area contributed by atoms with Crippen LogP contribution in [0.3, 0.4) is 0 Å². The summed E-state index contributed by atoms with van der Waals surface area (Å²) in [6, 6.07) is 16.4. The van der Waals surface area contributed by atoms with E-state index < -0.39 is 0 Å². The second-order valence-electron chi connectivity index (χ2n) is 8.07. The van der Waals surface area contributed by atoms with Gasteiger partial charge in [-0.05, 0) is 61.9 Å². The Morgan fingerprint density at radius 2 is 1.77 bits per heavy atom. The van der Waals surface area contributed by atoms with Gasteiger partial charge in [0.05, 0.1) is 11.2 Å². The Bertz CT molecular complexity index is 1530. The number of carbonyl (C=O) groups is 1. The molecule has 0 spiro atoms. The van der Waals surface area contributed by atoms with E-state index in [0.29, 0.717) is 22.8 Å². The Hall–Kier alpha value is -4.79. The molecule has 2 N–H and O–H groups in total. The van der Waals surface area contributed by atoms with E-state index in [1.807, 2.05) is 62.0 Å². The van der Waals surface area contributed by atoms with Crippen molar-refractivity contribution in [2.24, 2.45) is 7.05 Å². The number of ether oxygens (including phenoxy) is 1. The van der Waals surface area contributed by atoms with E-state index in [1.54, 1.807) is 36.8 Å². The van der Waals surface area contributed by atoms with Crippen LogP contribution in [-0.4, -0.2) is 30.8 Å². The fourth-order valence-corrected chi connectivity index (χ4v) is 3.65. The molecule has 174 valence electrons. The number of hydrogen-bond acceptors (Lipinski definition) is 6. The molecule has 35 heavy (non-hydrogen) atoms. The molecular formula is C26H23N7O2. The van der Waals surface area contributed by atoms with E-state index in [1.165, 1.54) is 0 Å². The second-order valence-corrected chi connectivity index (χ2v) is 8.07. The standard InChI is InChI=1S/C26H23N7O2/c1-16-6-7-20(30-25(34)29-19-8-9-21-17(2)33(3)32-23(21)13-19)14-24(16)35-26-28-12-10-22(31-26)18-5-4-11-27-15-18/h4-15H,1-3H3,(H2,29,30,34). The molecule has 0 fully saturated rings. The number of nitrogens with zero attached hydrogens (tertiary/aromatic N) is 5. The van der Waals surface area contributed by atoms with E-state index in [0.717, 1.165) is 27.7 Å².